The van der Waals surface area contributed by atoms with E-state index in [1.807, 2.05) is 4.68 Å². The molecule has 0 saturated carbocycles. The van der Waals surface area contributed by atoms with Crippen LogP contribution >= 0.6 is 11.8 Å². The molecule has 5 heteroatoms. The molecular weight excluding hydrogens is 249 g/mol. The minimum Gasteiger partial charge on any atom is -0.369 e. The SMILES string of the molecule is CSCc1nn(-c2ccc(F)cc2)c2c1CCN2. The highest BCUT2D eigenvalue weighted by atomic mass is 32.2. The van der Waals surface area contributed by atoms with Crippen molar-refractivity contribution in [3.63, 3.8) is 0 Å². The third-order valence-electron chi connectivity index (χ3n) is 3.09. The Morgan fingerprint density at radius 2 is 2.17 bits per heavy atom. The third kappa shape index (κ3) is 1.88. The van der Waals surface area contributed by atoms with Gasteiger partial charge in [-0.25, -0.2) is 9.07 Å². The molecule has 0 saturated heterocycles. The number of benzene rings is 1. The predicted molar refractivity (Wildman–Crippen MR) is 72.9 cm³/mol. The summed E-state index contributed by atoms with van der Waals surface area (Å²) in [6.07, 6.45) is 3.10. The Hall–Kier alpha value is -1.49. The van der Waals surface area contributed by atoms with Crippen molar-refractivity contribution in [1.29, 1.82) is 0 Å². The lowest BCUT2D eigenvalue weighted by Crippen LogP contribution is -2.04. The quantitative estimate of drug-likeness (QED) is 0.923. The van der Waals surface area contributed by atoms with E-state index in [-0.39, 0.29) is 5.82 Å². The summed E-state index contributed by atoms with van der Waals surface area (Å²) in [5.41, 5.74) is 3.33. The molecule has 0 aliphatic carbocycles. The summed E-state index contributed by atoms with van der Waals surface area (Å²) in [5, 5.41) is 7.99. The minimum absolute atomic E-state index is 0.222. The first-order valence-electron chi connectivity index (χ1n) is 5.89. The fraction of sp³-hybridized carbons (Fsp3) is 0.308. The first-order valence-corrected chi connectivity index (χ1v) is 7.28. The molecule has 2 heterocycles. The van der Waals surface area contributed by atoms with E-state index in [1.54, 1.807) is 23.9 Å². The minimum atomic E-state index is -0.222. The Labute approximate surface area is 109 Å². The summed E-state index contributed by atoms with van der Waals surface area (Å²) in [7, 11) is 0. The summed E-state index contributed by atoms with van der Waals surface area (Å²) >= 11 is 1.77. The van der Waals surface area contributed by atoms with Crippen molar-refractivity contribution in [2.24, 2.45) is 0 Å². The van der Waals surface area contributed by atoms with Crippen LogP contribution in [0.2, 0.25) is 0 Å². The zero-order valence-corrected chi connectivity index (χ0v) is 10.9. The molecule has 0 fully saturated rings. The molecule has 3 nitrogen and oxygen atoms in total. The van der Waals surface area contributed by atoms with Gasteiger partial charge in [-0.15, -0.1) is 0 Å². The molecule has 2 aromatic rings. The predicted octanol–water partition coefficient (Wildman–Crippen LogP) is 2.84. The number of hydrogen-bond acceptors (Lipinski definition) is 3. The zero-order valence-electron chi connectivity index (χ0n) is 10.1. The van der Waals surface area contributed by atoms with E-state index in [1.165, 1.54) is 17.7 Å². The first kappa shape index (κ1) is 11.6. The topological polar surface area (TPSA) is 29.9 Å². The summed E-state index contributed by atoms with van der Waals surface area (Å²) in [4.78, 5) is 0. The van der Waals surface area contributed by atoms with Crippen LogP contribution in [0, 0.1) is 5.82 Å². The Balaban J connectivity index is 2.07. The number of thioether (sulfide) groups is 1. The number of fused-ring (bicyclic) bond motifs is 1. The molecule has 18 heavy (non-hydrogen) atoms. The maximum Gasteiger partial charge on any atom is 0.133 e. The molecule has 0 bridgehead atoms. The van der Waals surface area contributed by atoms with Crippen LogP contribution in [0.4, 0.5) is 10.2 Å². The molecule has 0 unspecified atom stereocenters. The molecule has 0 spiro atoms. The highest BCUT2D eigenvalue weighted by molar-refractivity contribution is 7.97. The lowest BCUT2D eigenvalue weighted by atomic mass is 10.2. The third-order valence-corrected chi connectivity index (χ3v) is 3.65. The van der Waals surface area contributed by atoms with Gasteiger partial charge in [0.2, 0.25) is 0 Å². The largest absolute Gasteiger partial charge is 0.369 e. The summed E-state index contributed by atoms with van der Waals surface area (Å²) in [5.74, 6) is 1.75. The van der Waals surface area contributed by atoms with Gasteiger partial charge < -0.3 is 5.32 Å². The molecule has 3 rings (SSSR count). The number of hydrogen-bond donors (Lipinski definition) is 1. The van der Waals surface area contributed by atoms with Crippen molar-refractivity contribution in [3.05, 3.63) is 41.3 Å². The smallest absolute Gasteiger partial charge is 0.133 e. The second kappa shape index (κ2) is 4.65. The number of aromatic nitrogens is 2. The lowest BCUT2D eigenvalue weighted by molar-refractivity contribution is 0.627. The van der Waals surface area contributed by atoms with Crippen LogP contribution in [0.5, 0.6) is 0 Å². The van der Waals surface area contributed by atoms with Gasteiger partial charge in [0.15, 0.2) is 0 Å². The van der Waals surface area contributed by atoms with Gasteiger partial charge in [-0.3, -0.25) is 0 Å². The first-order chi connectivity index (χ1) is 8.79. The van der Waals surface area contributed by atoms with E-state index in [0.717, 1.165) is 35.9 Å². The number of halogens is 1. The molecule has 1 aliphatic heterocycles. The number of nitrogens with one attached hydrogen (secondary N) is 1. The number of rotatable bonds is 3. The van der Waals surface area contributed by atoms with E-state index in [4.69, 9.17) is 0 Å². The van der Waals surface area contributed by atoms with E-state index in [2.05, 4.69) is 16.7 Å². The van der Waals surface area contributed by atoms with Gasteiger partial charge in [-0.2, -0.15) is 16.9 Å². The van der Waals surface area contributed by atoms with Crippen molar-refractivity contribution in [1.82, 2.24) is 9.78 Å². The lowest BCUT2D eigenvalue weighted by Gasteiger charge is -2.05. The highest BCUT2D eigenvalue weighted by Gasteiger charge is 2.22. The summed E-state index contributed by atoms with van der Waals surface area (Å²) in [6, 6.07) is 6.44. The molecule has 1 N–H and O–H groups in total. The van der Waals surface area contributed by atoms with E-state index < -0.39 is 0 Å². The van der Waals surface area contributed by atoms with Gasteiger partial charge in [-0.1, -0.05) is 0 Å². The second-order valence-corrected chi connectivity index (χ2v) is 5.14. The van der Waals surface area contributed by atoms with Crippen LogP contribution in [0.15, 0.2) is 24.3 Å². The monoisotopic (exact) mass is 263 g/mol. The highest BCUT2D eigenvalue weighted by Crippen LogP contribution is 2.30. The normalized spacial score (nSPS) is 13.4. The van der Waals surface area contributed by atoms with Crippen LogP contribution < -0.4 is 5.32 Å². The molecule has 0 radical (unpaired) electrons. The molecule has 1 aliphatic rings. The second-order valence-electron chi connectivity index (χ2n) is 4.27. The maximum atomic E-state index is 13.0. The van der Waals surface area contributed by atoms with E-state index in [0.29, 0.717) is 0 Å². The van der Waals surface area contributed by atoms with Crippen molar-refractivity contribution >= 4 is 17.6 Å². The average molecular weight is 263 g/mol. The van der Waals surface area contributed by atoms with Gasteiger partial charge in [0.05, 0.1) is 11.4 Å². The Kier molecular flexibility index (Phi) is 2.99. The Bertz CT molecular complexity index is 562. The van der Waals surface area contributed by atoms with Gasteiger partial charge in [0.25, 0.3) is 0 Å². The Morgan fingerprint density at radius 3 is 2.89 bits per heavy atom. The molecule has 1 aromatic heterocycles. The molecule has 1 aromatic carbocycles. The maximum absolute atomic E-state index is 13.0. The molecular formula is C13H14FN3S. The van der Waals surface area contributed by atoms with Crippen LogP contribution in [0.3, 0.4) is 0 Å². The van der Waals surface area contributed by atoms with Crippen molar-refractivity contribution in [2.45, 2.75) is 12.2 Å². The van der Waals surface area contributed by atoms with Gasteiger partial charge >= 0.3 is 0 Å². The van der Waals surface area contributed by atoms with Crippen LogP contribution in [-0.4, -0.2) is 22.6 Å². The van der Waals surface area contributed by atoms with Crippen molar-refractivity contribution in [2.75, 3.05) is 18.1 Å². The van der Waals surface area contributed by atoms with Crippen LogP contribution in [0.25, 0.3) is 5.69 Å². The zero-order chi connectivity index (χ0) is 12.5. The number of nitrogens with zero attached hydrogens (tertiary/aromatic N) is 2. The summed E-state index contributed by atoms with van der Waals surface area (Å²) < 4.78 is 14.8. The molecule has 0 amide bonds. The van der Waals surface area contributed by atoms with Crippen molar-refractivity contribution < 1.29 is 4.39 Å². The average Bonchev–Trinajstić information content (AvgIpc) is 2.95. The van der Waals surface area contributed by atoms with Crippen molar-refractivity contribution in [3.8, 4) is 5.69 Å². The van der Waals surface area contributed by atoms with Gasteiger partial charge in [0, 0.05) is 17.9 Å². The van der Waals surface area contributed by atoms with E-state index >= 15 is 0 Å². The molecule has 94 valence electrons. The fourth-order valence-corrected chi connectivity index (χ4v) is 2.77. The van der Waals surface area contributed by atoms with Crippen LogP contribution in [-0.2, 0) is 12.2 Å². The molecule has 0 atom stereocenters. The van der Waals surface area contributed by atoms with E-state index in [9.17, 15) is 4.39 Å². The Morgan fingerprint density at radius 1 is 1.39 bits per heavy atom. The van der Waals surface area contributed by atoms with Crippen LogP contribution in [0.1, 0.15) is 11.3 Å². The number of anilines is 1. The summed E-state index contributed by atoms with van der Waals surface area (Å²) in [6.45, 7) is 0.954. The standard InChI is InChI=1S/C13H14FN3S/c1-18-8-12-11-6-7-15-13(11)17(16-12)10-4-2-9(14)3-5-10/h2-5,15H,6-8H2,1H3. The van der Waals surface area contributed by atoms with Gasteiger partial charge in [-0.05, 0) is 36.9 Å². The fourth-order valence-electron chi connectivity index (χ4n) is 2.27. The van der Waals surface area contributed by atoms with Gasteiger partial charge in [0.1, 0.15) is 11.6 Å².